The van der Waals surface area contributed by atoms with Crippen molar-refractivity contribution in [1.29, 1.82) is 0 Å². The molecule has 3 rings (SSSR count). The number of carbonyl (C=O) groups is 2. The van der Waals surface area contributed by atoms with E-state index in [9.17, 15) is 9.59 Å². The van der Waals surface area contributed by atoms with Crippen LogP contribution in [0.5, 0.6) is 0 Å². The standard InChI is InChI=1S/C19H21N3O2/c1-14(23)15-6-5-7-17(10-15)21-19(24)16-11-18(13-20-12-16)22-8-3-2-4-9-22/h5-7,10-13H,2-4,8-9H2,1H3,(H,21,24). The fourth-order valence-corrected chi connectivity index (χ4v) is 2.90. The Morgan fingerprint density at radius 2 is 1.83 bits per heavy atom. The zero-order chi connectivity index (χ0) is 16.9. The number of nitrogens with zero attached hydrogens (tertiary/aromatic N) is 2. The van der Waals surface area contributed by atoms with Crippen molar-refractivity contribution in [2.45, 2.75) is 26.2 Å². The van der Waals surface area contributed by atoms with E-state index in [0.717, 1.165) is 18.8 Å². The minimum absolute atomic E-state index is 0.0279. The number of Topliss-reactive ketones (excluding diaryl/α,β-unsaturated/α-hetero) is 1. The number of hydrogen-bond donors (Lipinski definition) is 1. The molecule has 2 heterocycles. The fourth-order valence-electron chi connectivity index (χ4n) is 2.90. The molecular formula is C19H21N3O2. The second-order valence-electron chi connectivity index (χ2n) is 6.07. The van der Waals surface area contributed by atoms with Gasteiger partial charge in [-0.05, 0) is 44.4 Å². The molecule has 1 fully saturated rings. The molecule has 0 spiro atoms. The number of nitrogens with one attached hydrogen (secondary N) is 1. The maximum atomic E-state index is 12.5. The Hall–Kier alpha value is -2.69. The second-order valence-corrected chi connectivity index (χ2v) is 6.07. The van der Waals surface area contributed by atoms with E-state index in [0.29, 0.717) is 16.8 Å². The van der Waals surface area contributed by atoms with Crippen molar-refractivity contribution < 1.29 is 9.59 Å². The smallest absolute Gasteiger partial charge is 0.257 e. The first-order valence-corrected chi connectivity index (χ1v) is 8.26. The summed E-state index contributed by atoms with van der Waals surface area (Å²) in [6, 6.07) is 8.82. The summed E-state index contributed by atoms with van der Waals surface area (Å²) in [5, 5.41) is 2.83. The van der Waals surface area contributed by atoms with Gasteiger partial charge in [0.15, 0.2) is 5.78 Å². The average Bonchev–Trinajstić information content (AvgIpc) is 2.63. The number of anilines is 2. The van der Waals surface area contributed by atoms with Crippen molar-refractivity contribution in [3.63, 3.8) is 0 Å². The van der Waals surface area contributed by atoms with Crippen molar-refractivity contribution >= 4 is 23.1 Å². The number of amides is 1. The molecule has 2 aromatic rings. The largest absolute Gasteiger partial charge is 0.370 e. The molecule has 0 bridgehead atoms. The molecule has 1 aliphatic heterocycles. The van der Waals surface area contributed by atoms with Gasteiger partial charge in [0.1, 0.15) is 0 Å². The highest BCUT2D eigenvalue weighted by molar-refractivity contribution is 6.05. The molecule has 5 nitrogen and oxygen atoms in total. The SMILES string of the molecule is CC(=O)c1cccc(NC(=O)c2cncc(N3CCCCC3)c2)c1. The monoisotopic (exact) mass is 323 g/mol. The Kier molecular flexibility index (Phi) is 4.89. The van der Waals surface area contributed by atoms with Gasteiger partial charge < -0.3 is 10.2 Å². The first-order chi connectivity index (χ1) is 11.6. The van der Waals surface area contributed by atoms with Gasteiger partial charge in [0.25, 0.3) is 5.91 Å². The van der Waals surface area contributed by atoms with Crippen LogP contribution in [0.25, 0.3) is 0 Å². The summed E-state index contributed by atoms with van der Waals surface area (Å²) >= 11 is 0. The summed E-state index contributed by atoms with van der Waals surface area (Å²) in [4.78, 5) is 30.4. The van der Waals surface area contributed by atoms with Crippen LogP contribution >= 0.6 is 0 Å². The number of carbonyl (C=O) groups excluding carboxylic acids is 2. The molecule has 1 aliphatic rings. The Morgan fingerprint density at radius 1 is 1.04 bits per heavy atom. The summed E-state index contributed by atoms with van der Waals surface area (Å²) in [6.45, 7) is 3.52. The van der Waals surface area contributed by atoms with E-state index in [4.69, 9.17) is 0 Å². The van der Waals surface area contributed by atoms with E-state index < -0.39 is 0 Å². The van der Waals surface area contributed by atoms with Gasteiger partial charge in [0.2, 0.25) is 0 Å². The number of pyridine rings is 1. The molecule has 1 amide bonds. The molecule has 0 radical (unpaired) electrons. The highest BCUT2D eigenvalue weighted by Crippen LogP contribution is 2.20. The molecule has 124 valence electrons. The Bertz CT molecular complexity index is 752. The van der Waals surface area contributed by atoms with Crippen LogP contribution in [0.3, 0.4) is 0 Å². The van der Waals surface area contributed by atoms with Crippen molar-refractivity contribution in [3.05, 3.63) is 53.9 Å². The molecule has 0 aliphatic carbocycles. The number of hydrogen-bond acceptors (Lipinski definition) is 4. The lowest BCUT2D eigenvalue weighted by molar-refractivity contribution is 0.101. The molecule has 1 N–H and O–H groups in total. The van der Waals surface area contributed by atoms with Crippen LogP contribution in [0.4, 0.5) is 11.4 Å². The van der Waals surface area contributed by atoms with Crippen LogP contribution < -0.4 is 10.2 Å². The van der Waals surface area contributed by atoms with Gasteiger partial charge in [-0.1, -0.05) is 12.1 Å². The Labute approximate surface area is 141 Å². The van der Waals surface area contributed by atoms with E-state index in [1.54, 1.807) is 36.7 Å². The van der Waals surface area contributed by atoms with Crippen LogP contribution in [0.1, 0.15) is 46.9 Å². The third kappa shape index (κ3) is 3.79. The lowest BCUT2D eigenvalue weighted by atomic mass is 10.1. The van der Waals surface area contributed by atoms with E-state index in [-0.39, 0.29) is 11.7 Å². The molecule has 1 aromatic heterocycles. The van der Waals surface area contributed by atoms with Gasteiger partial charge >= 0.3 is 0 Å². The van der Waals surface area contributed by atoms with Crippen molar-refractivity contribution in [3.8, 4) is 0 Å². The van der Waals surface area contributed by atoms with Crippen LogP contribution in [-0.4, -0.2) is 29.8 Å². The van der Waals surface area contributed by atoms with Gasteiger partial charge in [0.05, 0.1) is 17.4 Å². The maximum Gasteiger partial charge on any atom is 0.257 e. The fraction of sp³-hybridized carbons (Fsp3) is 0.316. The lowest BCUT2D eigenvalue weighted by Crippen LogP contribution is -2.29. The summed E-state index contributed by atoms with van der Waals surface area (Å²) in [5.74, 6) is -0.248. The van der Waals surface area contributed by atoms with Crippen LogP contribution in [-0.2, 0) is 0 Å². The molecular weight excluding hydrogens is 302 g/mol. The van der Waals surface area contributed by atoms with E-state index in [2.05, 4.69) is 15.2 Å². The Balaban J connectivity index is 1.75. The normalized spacial score (nSPS) is 14.3. The quantitative estimate of drug-likeness (QED) is 0.874. The summed E-state index contributed by atoms with van der Waals surface area (Å²) in [5.41, 5.74) is 2.69. The molecule has 0 atom stereocenters. The first-order valence-electron chi connectivity index (χ1n) is 8.26. The molecule has 1 aromatic carbocycles. The number of ketones is 1. The van der Waals surface area contributed by atoms with Crippen molar-refractivity contribution in [1.82, 2.24) is 4.98 Å². The third-order valence-electron chi connectivity index (χ3n) is 4.23. The van der Waals surface area contributed by atoms with Crippen LogP contribution in [0.15, 0.2) is 42.7 Å². The highest BCUT2D eigenvalue weighted by Gasteiger charge is 2.14. The minimum atomic E-state index is -0.220. The predicted octanol–water partition coefficient (Wildman–Crippen LogP) is 3.53. The van der Waals surface area contributed by atoms with E-state index in [1.165, 1.54) is 26.2 Å². The zero-order valence-corrected chi connectivity index (χ0v) is 13.8. The van der Waals surface area contributed by atoms with Gasteiger partial charge in [-0.15, -0.1) is 0 Å². The van der Waals surface area contributed by atoms with E-state index in [1.807, 2.05) is 6.07 Å². The number of rotatable bonds is 4. The molecule has 0 unspecified atom stereocenters. The summed E-state index contributed by atoms with van der Waals surface area (Å²) < 4.78 is 0. The van der Waals surface area contributed by atoms with Crippen LogP contribution in [0, 0.1) is 0 Å². The summed E-state index contributed by atoms with van der Waals surface area (Å²) in [6.07, 6.45) is 6.98. The second kappa shape index (κ2) is 7.25. The highest BCUT2D eigenvalue weighted by atomic mass is 16.1. The van der Waals surface area contributed by atoms with Gasteiger partial charge in [0, 0.05) is 30.5 Å². The minimum Gasteiger partial charge on any atom is -0.370 e. The van der Waals surface area contributed by atoms with Gasteiger partial charge in [-0.3, -0.25) is 14.6 Å². The number of piperidine rings is 1. The van der Waals surface area contributed by atoms with E-state index >= 15 is 0 Å². The lowest BCUT2D eigenvalue weighted by Gasteiger charge is -2.28. The number of aromatic nitrogens is 1. The average molecular weight is 323 g/mol. The third-order valence-corrected chi connectivity index (χ3v) is 4.23. The Morgan fingerprint density at radius 3 is 2.58 bits per heavy atom. The van der Waals surface area contributed by atoms with Gasteiger partial charge in [-0.2, -0.15) is 0 Å². The molecule has 24 heavy (non-hydrogen) atoms. The van der Waals surface area contributed by atoms with Crippen molar-refractivity contribution in [2.75, 3.05) is 23.3 Å². The number of benzene rings is 1. The summed E-state index contributed by atoms with van der Waals surface area (Å²) in [7, 11) is 0. The first kappa shape index (κ1) is 16.2. The maximum absolute atomic E-state index is 12.5. The van der Waals surface area contributed by atoms with Crippen LogP contribution in [0.2, 0.25) is 0 Å². The topological polar surface area (TPSA) is 62.3 Å². The molecule has 1 saturated heterocycles. The van der Waals surface area contributed by atoms with Crippen molar-refractivity contribution in [2.24, 2.45) is 0 Å². The zero-order valence-electron chi connectivity index (χ0n) is 13.8. The van der Waals surface area contributed by atoms with Gasteiger partial charge in [-0.25, -0.2) is 0 Å². The predicted molar refractivity (Wildman–Crippen MR) is 94.7 cm³/mol. The molecule has 5 heteroatoms. The molecule has 0 saturated carbocycles.